The van der Waals surface area contributed by atoms with E-state index < -0.39 is 0 Å². The van der Waals surface area contributed by atoms with E-state index in [9.17, 15) is 9.59 Å². The van der Waals surface area contributed by atoms with Crippen LogP contribution in [0.3, 0.4) is 0 Å². The second-order valence-corrected chi connectivity index (χ2v) is 5.58. The first-order chi connectivity index (χ1) is 10.6. The molecule has 2 amide bonds. The number of nitrogens with two attached hydrogens (primary N) is 1. The molecule has 1 aromatic rings. The number of benzene rings is 1. The molecule has 0 saturated heterocycles. The number of carbonyl (C=O) groups excluding carboxylic acids is 2. The molecule has 1 aromatic carbocycles. The van der Waals surface area contributed by atoms with E-state index >= 15 is 0 Å². The summed E-state index contributed by atoms with van der Waals surface area (Å²) in [6.45, 7) is 2.43. The number of aryl methyl sites for hydroxylation is 1. The minimum absolute atomic E-state index is 0.0734. The number of nitrogens with zero attached hydrogens (tertiary/aromatic N) is 1. The summed E-state index contributed by atoms with van der Waals surface area (Å²) in [5.41, 5.74) is 7.57. The molecule has 0 atom stereocenters. The number of primary amides is 1. The normalized spacial score (nSPS) is 15.2. The second kappa shape index (κ2) is 8.34. The summed E-state index contributed by atoms with van der Waals surface area (Å²) in [7, 11) is 0. The van der Waals surface area contributed by atoms with E-state index in [2.05, 4.69) is 11.4 Å². The van der Waals surface area contributed by atoms with Gasteiger partial charge in [0.15, 0.2) is 0 Å². The third-order valence-corrected chi connectivity index (χ3v) is 3.76. The quantitative estimate of drug-likeness (QED) is 0.733. The Bertz CT molecular complexity index is 540. The topological polar surface area (TPSA) is 75.4 Å². The number of carbonyl (C=O) groups is 2. The van der Waals surface area contributed by atoms with Crippen molar-refractivity contribution in [3.8, 4) is 0 Å². The van der Waals surface area contributed by atoms with Gasteiger partial charge in [0.1, 0.15) is 0 Å². The zero-order chi connectivity index (χ0) is 15.8. The van der Waals surface area contributed by atoms with Crippen molar-refractivity contribution >= 4 is 11.8 Å². The Morgan fingerprint density at radius 2 is 2.00 bits per heavy atom. The standard InChI is InChI=1S/C17H23N3O2/c18-16(21)13-20-10-8-15(9-11-20)12-19-17(22)7-6-14-4-2-1-3-5-14/h1-5,8H,6-7,9-13H2,(H2,18,21)(H,19,22). The van der Waals surface area contributed by atoms with Crippen LogP contribution in [0.25, 0.3) is 0 Å². The van der Waals surface area contributed by atoms with Crippen LogP contribution >= 0.6 is 0 Å². The van der Waals surface area contributed by atoms with Gasteiger partial charge in [-0.2, -0.15) is 0 Å². The molecule has 1 heterocycles. The summed E-state index contributed by atoms with van der Waals surface area (Å²) in [6, 6.07) is 10.0. The third kappa shape index (κ3) is 5.69. The smallest absolute Gasteiger partial charge is 0.231 e. The van der Waals surface area contributed by atoms with Crippen molar-refractivity contribution in [2.45, 2.75) is 19.3 Å². The summed E-state index contributed by atoms with van der Waals surface area (Å²) in [5.74, 6) is -0.226. The molecular formula is C17H23N3O2. The Morgan fingerprint density at radius 1 is 1.23 bits per heavy atom. The van der Waals surface area contributed by atoms with Gasteiger partial charge in [-0.1, -0.05) is 42.0 Å². The molecule has 0 aliphatic carbocycles. The van der Waals surface area contributed by atoms with Crippen molar-refractivity contribution in [3.05, 3.63) is 47.5 Å². The maximum absolute atomic E-state index is 11.9. The van der Waals surface area contributed by atoms with E-state index in [0.717, 1.165) is 25.9 Å². The predicted octanol–water partition coefficient (Wildman–Crippen LogP) is 0.853. The molecule has 5 heteroatoms. The molecule has 0 radical (unpaired) electrons. The van der Waals surface area contributed by atoms with E-state index in [1.165, 1.54) is 11.1 Å². The number of nitrogens with one attached hydrogen (secondary N) is 1. The molecule has 1 aliphatic heterocycles. The minimum Gasteiger partial charge on any atom is -0.369 e. The maximum Gasteiger partial charge on any atom is 0.231 e. The Labute approximate surface area is 131 Å². The fraction of sp³-hybridized carbons (Fsp3) is 0.412. The Morgan fingerprint density at radius 3 is 2.64 bits per heavy atom. The highest BCUT2D eigenvalue weighted by molar-refractivity contribution is 5.76. The second-order valence-electron chi connectivity index (χ2n) is 5.58. The number of hydrogen-bond acceptors (Lipinski definition) is 3. The largest absolute Gasteiger partial charge is 0.369 e. The van der Waals surface area contributed by atoms with E-state index in [4.69, 9.17) is 5.73 Å². The van der Waals surface area contributed by atoms with E-state index in [0.29, 0.717) is 19.5 Å². The minimum atomic E-state index is -0.300. The van der Waals surface area contributed by atoms with E-state index in [-0.39, 0.29) is 11.8 Å². The Kier molecular flexibility index (Phi) is 6.15. The molecule has 118 valence electrons. The maximum atomic E-state index is 11.9. The van der Waals surface area contributed by atoms with Gasteiger partial charge in [-0.25, -0.2) is 0 Å². The first-order valence-corrected chi connectivity index (χ1v) is 7.62. The zero-order valence-electron chi connectivity index (χ0n) is 12.8. The third-order valence-electron chi connectivity index (χ3n) is 3.76. The lowest BCUT2D eigenvalue weighted by molar-refractivity contribution is -0.121. The van der Waals surface area contributed by atoms with Crippen LogP contribution in [0, 0.1) is 0 Å². The molecule has 0 unspecified atom stereocenters. The molecule has 5 nitrogen and oxygen atoms in total. The molecule has 0 aromatic heterocycles. The molecule has 22 heavy (non-hydrogen) atoms. The summed E-state index contributed by atoms with van der Waals surface area (Å²) >= 11 is 0. The van der Waals surface area contributed by atoms with Gasteiger partial charge >= 0.3 is 0 Å². The van der Waals surface area contributed by atoms with Crippen LogP contribution in [0.2, 0.25) is 0 Å². The van der Waals surface area contributed by atoms with Crippen LogP contribution < -0.4 is 11.1 Å². The highest BCUT2D eigenvalue weighted by Crippen LogP contribution is 2.09. The fourth-order valence-corrected chi connectivity index (χ4v) is 2.48. The van der Waals surface area contributed by atoms with Gasteiger partial charge < -0.3 is 11.1 Å². The van der Waals surface area contributed by atoms with Crippen molar-refractivity contribution in [3.63, 3.8) is 0 Å². The van der Waals surface area contributed by atoms with Gasteiger partial charge in [0, 0.05) is 26.1 Å². The SMILES string of the molecule is NC(=O)CN1CC=C(CNC(=O)CCc2ccccc2)CC1. The van der Waals surface area contributed by atoms with Crippen LogP contribution in [0.4, 0.5) is 0 Å². The van der Waals surface area contributed by atoms with Crippen molar-refractivity contribution in [1.82, 2.24) is 10.2 Å². The van der Waals surface area contributed by atoms with Crippen LogP contribution in [0.5, 0.6) is 0 Å². The summed E-state index contributed by atoms with van der Waals surface area (Å²) in [5, 5.41) is 2.96. The molecule has 0 bridgehead atoms. The molecule has 3 N–H and O–H groups in total. The number of amides is 2. The van der Waals surface area contributed by atoms with Crippen LogP contribution in [-0.2, 0) is 16.0 Å². The first kappa shape index (κ1) is 16.2. The van der Waals surface area contributed by atoms with Crippen LogP contribution in [-0.4, -0.2) is 42.9 Å². The van der Waals surface area contributed by atoms with Crippen molar-refractivity contribution in [2.24, 2.45) is 5.73 Å². The molecule has 0 saturated carbocycles. The Balaban J connectivity index is 1.66. The van der Waals surface area contributed by atoms with Gasteiger partial charge in [-0.15, -0.1) is 0 Å². The average molecular weight is 301 g/mol. The average Bonchev–Trinajstić information content (AvgIpc) is 2.53. The molecule has 0 spiro atoms. The van der Waals surface area contributed by atoms with Gasteiger partial charge in [0.25, 0.3) is 0 Å². The monoisotopic (exact) mass is 301 g/mol. The fourth-order valence-electron chi connectivity index (χ4n) is 2.48. The first-order valence-electron chi connectivity index (χ1n) is 7.62. The van der Waals surface area contributed by atoms with Gasteiger partial charge in [0.2, 0.25) is 11.8 Å². The van der Waals surface area contributed by atoms with Crippen molar-refractivity contribution < 1.29 is 9.59 Å². The van der Waals surface area contributed by atoms with Crippen LogP contribution in [0.1, 0.15) is 18.4 Å². The highest BCUT2D eigenvalue weighted by atomic mass is 16.2. The predicted molar refractivity (Wildman–Crippen MR) is 86.1 cm³/mol. The molecule has 1 aliphatic rings. The molecule has 2 rings (SSSR count). The highest BCUT2D eigenvalue weighted by Gasteiger charge is 2.13. The molecule has 0 fully saturated rings. The lowest BCUT2D eigenvalue weighted by atomic mass is 10.1. The summed E-state index contributed by atoms with van der Waals surface area (Å²) < 4.78 is 0. The zero-order valence-corrected chi connectivity index (χ0v) is 12.8. The van der Waals surface area contributed by atoms with Crippen molar-refractivity contribution in [1.29, 1.82) is 0 Å². The lowest BCUT2D eigenvalue weighted by Crippen LogP contribution is -2.38. The molecular weight excluding hydrogens is 278 g/mol. The van der Waals surface area contributed by atoms with Crippen LogP contribution in [0.15, 0.2) is 42.0 Å². The lowest BCUT2D eigenvalue weighted by Gasteiger charge is -2.25. The van der Waals surface area contributed by atoms with Gasteiger partial charge in [0.05, 0.1) is 6.54 Å². The van der Waals surface area contributed by atoms with E-state index in [1.54, 1.807) is 0 Å². The number of rotatable bonds is 7. The van der Waals surface area contributed by atoms with E-state index in [1.807, 2.05) is 35.2 Å². The Hall–Kier alpha value is -2.14. The van der Waals surface area contributed by atoms with Gasteiger partial charge in [-0.05, 0) is 18.4 Å². The van der Waals surface area contributed by atoms with Crippen molar-refractivity contribution in [2.75, 3.05) is 26.2 Å². The van der Waals surface area contributed by atoms with Gasteiger partial charge in [-0.3, -0.25) is 14.5 Å². The number of hydrogen-bond donors (Lipinski definition) is 2. The summed E-state index contributed by atoms with van der Waals surface area (Å²) in [4.78, 5) is 24.7. The summed E-state index contributed by atoms with van der Waals surface area (Å²) in [6.07, 6.45) is 4.21.